The van der Waals surface area contributed by atoms with Gasteiger partial charge in [-0.2, -0.15) is 0 Å². The smallest absolute Gasteiger partial charge is 0.0598 e. The predicted octanol–water partition coefficient (Wildman–Crippen LogP) is 4.36. The first-order valence-corrected chi connectivity index (χ1v) is 8.62. The number of thiophene rings is 1. The van der Waals surface area contributed by atoms with Gasteiger partial charge in [-0.1, -0.05) is 44.2 Å². The van der Waals surface area contributed by atoms with Crippen LogP contribution in [0.4, 0.5) is 0 Å². The van der Waals surface area contributed by atoms with Gasteiger partial charge in [0.05, 0.1) is 6.04 Å². The number of hydrogen-bond donors (Lipinski definition) is 1. The lowest BCUT2D eigenvalue weighted by Gasteiger charge is -2.34. The molecule has 2 atom stereocenters. The molecule has 0 saturated carbocycles. The van der Waals surface area contributed by atoms with Crippen LogP contribution in [0.25, 0.3) is 0 Å². The molecule has 0 radical (unpaired) electrons. The van der Waals surface area contributed by atoms with E-state index in [9.17, 15) is 0 Å². The third-order valence-corrected chi connectivity index (χ3v) is 5.16. The number of rotatable bonds is 7. The molecule has 0 aliphatic heterocycles. The molecular formula is C18H26N2S. The maximum absolute atomic E-state index is 6.47. The van der Waals surface area contributed by atoms with Crippen molar-refractivity contribution in [3.63, 3.8) is 0 Å². The van der Waals surface area contributed by atoms with E-state index in [-0.39, 0.29) is 6.04 Å². The average molecular weight is 302 g/mol. The predicted molar refractivity (Wildman–Crippen MR) is 92.6 cm³/mol. The lowest BCUT2D eigenvalue weighted by molar-refractivity contribution is 0.172. The zero-order valence-corrected chi connectivity index (χ0v) is 14.1. The summed E-state index contributed by atoms with van der Waals surface area (Å²) in [6.07, 6.45) is 0.993. The standard InChI is InChI=1S/C18H26N2S/c1-4-16(19)17(18-14(3)11-12-21-18)20(5-2)13-15-9-7-6-8-10-15/h6-12,16-17H,4-5,13,19H2,1-3H3. The van der Waals surface area contributed by atoms with E-state index in [1.54, 1.807) is 0 Å². The highest BCUT2D eigenvalue weighted by molar-refractivity contribution is 7.10. The third kappa shape index (κ3) is 3.94. The average Bonchev–Trinajstić information content (AvgIpc) is 2.93. The molecule has 1 heterocycles. The van der Waals surface area contributed by atoms with Gasteiger partial charge >= 0.3 is 0 Å². The molecule has 2 rings (SSSR count). The van der Waals surface area contributed by atoms with E-state index in [1.807, 2.05) is 11.3 Å². The van der Waals surface area contributed by atoms with Gasteiger partial charge in [0.15, 0.2) is 0 Å². The highest BCUT2D eigenvalue weighted by atomic mass is 32.1. The van der Waals surface area contributed by atoms with Crippen molar-refractivity contribution in [3.05, 3.63) is 57.8 Å². The Hall–Kier alpha value is -1.16. The maximum Gasteiger partial charge on any atom is 0.0598 e. The maximum atomic E-state index is 6.47. The van der Waals surface area contributed by atoms with Crippen molar-refractivity contribution in [2.24, 2.45) is 5.73 Å². The summed E-state index contributed by atoms with van der Waals surface area (Å²) in [6.45, 7) is 8.55. The summed E-state index contributed by atoms with van der Waals surface area (Å²) in [4.78, 5) is 3.92. The lowest BCUT2D eigenvalue weighted by Crippen LogP contribution is -2.40. The number of likely N-dealkylation sites (N-methyl/N-ethyl adjacent to an activating group) is 1. The molecule has 0 aliphatic rings. The fourth-order valence-corrected chi connectivity index (χ4v) is 3.90. The zero-order chi connectivity index (χ0) is 15.2. The van der Waals surface area contributed by atoms with E-state index in [2.05, 4.69) is 67.4 Å². The second-order valence-corrected chi connectivity index (χ2v) is 6.48. The first-order chi connectivity index (χ1) is 10.2. The summed E-state index contributed by atoms with van der Waals surface area (Å²) < 4.78 is 0. The Morgan fingerprint density at radius 2 is 1.86 bits per heavy atom. The van der Waals surface area contributed by atoms with E-state index < -0.39 is 0 Å². The fraction of sp³-hybridized carbons (Fsp3) is 0.444. The summed E-state index contributed by atoms with van der Waals surface area (Å²) in [5, 5.41) is 2.18. The molecule has 0 aliphatic carbocycles. The molecule has 1 aromatic carbocycles. The number of benzene rings is 1. The van der Waals surface area contributed by atoms with Gasteiger partial charge in [0.1, 0.15) is 0 Å². The zero-order valence-electron chi connectivity index (χ0n) is 13.3. The molecule has 114 valence electrons. The van der Waals surface area contributed by atoms with E-state index >= 15 is 0 Å². The van der Waals surface area contributed by atoms with E-state index in [1.165, 1.54) is 16.0 Å². The van der Waals surface area contributed by atoms with Crippen LogP contribution in [0.15, 0.2) is 41.8 Å². The number of hydrogen-bond acceptors (Lipinski definition) is 3. The number of nitrogens with zero attached hydrogens (tertiary/aromatic N) is 1. The van der Waals surface area contributed by atoms with Crippen molar-refractivity contribution in [2.45, 2.75) is 45.8 Å². The molecule has 2 unspecified atom stereocenters. The van der Waals surface area contributed by atoms with Gasteiger partial charge in [0.2, 0.25) is 0 Å². The largest absolute Gasteiger partial charge is 0.326 e. The molecule has 3 heteroatoms. The number of aryl methyl sites for hydroxylation is 1. The minimum absolute atomic E-state index is 0.172. The molecule has 2 N–H and O–H groups in total. The Balaban J connectivity index is 2.27. The Labute approximate surface area is 132 Å². The Bertz CT molecular complexity index is 535. The molecule has 0 fully saturated rings. The van der Waals surface area contributed by atoms with Crippen LogP contribution in [-0.4, -0.2) is 17.5 Å². The molecule has 0 bridgehead atoms. The van der Waals surface area contributed by atoms with E-state index in [0.717, 1.165) is 19.5 Å². The van der Waals surface area contributed by atoms with Gasteiger partial charge in [0, 0.05) is 17.5 Å². The van der Waals surface area contributed by atoms with Crippen LogP contribution in [0.1, 0.15) is 42.3 Å². The van der Waals surface area contributed by atoms with Crippen molar-refractivity contribution in [1.29, 1.82) is 0 Å². The molecule has 1 aromatic heterocycles. The first kappa shape index (κ1) is 16.2. The highest BCUT2D eigenvalue weighted by Gasteiger charge is 2.27. The van der Waals surface area contributed by atoms with Gasteiger partial charge in [0.25, 0.3) is 0 Å². The van der Waals surface area contributed by atoms with Crippen LogP contribution < -0.4 is 5.73 Å². The van der Waals surface area contributed by atoms with Crippen LogP contribution in [0, 0.1) is 6.92 Å². The topological polar surface area (TPSA) is 29.3 Å². The number of nitrogens with two attached hydrogens (primary N) is 1. The van der Waals surface area contributed by atoms with Gasteiger partial charge < -0.3 is 5.73 Å². The van der Waals surface area contributed by atoms with Crippen LogP contribution in [0.2, 0.25) is 0 Å². The second-order valence-electron chi connectivity index (χ2n) is 5.53. The van der Waals surface area contributed by atoms with Crippen molar-refractivity contribution >= 4 is 11.3 Å². The fourth-order valence-electron chi connectivity index (χ4n) is 2.77. The van der Waals surface area contributed by atoms with Crippen molar-refractivity contribution in [1.82, 2.24) is 4.90 Å². The van der Waals surface area contributed by atoms with E-state index in [4.69, 9.17) is 5.73 Å². The van der Waals surface area contributed by atoms with Crippen LogP contribution in [0.3, 0.4) is 0 Å². The minimum Gasteiger partial charge on any atom is -0.326 e. The summed E-state index contributed by atoms with van der Waals surface area (Å²) in [5.74, 6) is 0. The molecular weight excluding hydrogens is 276 g/mol. The van der Waals surface area contributed by atoms with Crippen LogP contribution >= 0.6 is 11.3 Å². The lowest BCUT2D eigenvalue weighted by atomic mass is 10.00. The molecule has 2 nitrogen and oxygen atoms in total. The highest BCUT2D eigenvalue weighted by Crippen LogP contribution is 2.32. The summed E-state index contributed by atoms with van der Waals surface area (Å²) in [5.41, 5.74) is 9.18. The summed E-state index contributed by atoms with van der Waals surface area (Å²) in [7, 11) is 0. The quantitative estimate of drug-likeness (QED) is 0.823. The van der Waals surface area contributed by atoms with Crippen LogP contribution in [0.5, 0.6) is 0 Å². The molecule has 2 aromatic rings. The SMILES string of the molecule is CCC(N)C(c1sccc1C)N(CC)Cc1ccccc1. The van der Waals surface area contributed by atoms with Gasteiger partial charge in [-0.25, -0.2) is 0 Å². The first-order valence-electron chi connectivity index (χ1n) is 7.74. The molecule has 0 spiro atoms. The van der Waals surface area contributed by atoms with Crippen molar-refractivity contribution in [3.8, 4) is 0 Å². The van der Waals surface area contributed by atoms with E-state index in [0.29, 0.717) is 6.04 Å². The monoisotopic (exact) mass is 302 g/mol. The van der Waals surface area contributed by atoms with Crippen LogP contribution in [-0.2, 0) is 6.54 Å². The Morgan fingerprint density at radius 1 is 1.14 bits per heavy atom. The van der Waals surface area contributed by atoms with Gasteiger partial charge in [-0.05, 0) is 42.5 Å². The Morgan fingerprint density at radius 3 is 2.38 bits per heavy atom. The van der Waals surface area contributed by atoms with Crippen molar-refractivity contribution < 1.29 is 0 Å². The van der Waals surface area contributed by atoms with Crippen molar-refractivity contribution in [2.75, 3.05) is 6.54 Å². The molecule has 0 amide bonds. The molecule has 21 heavy (non-hydrogen) atoms. The normalized spacial score (nSPS) is 14.3. The Kier molecular flexibility index (Phi) is 5.97. The van der Waals surface area contributed by atoms with Gasteiger partial charge in [-0.15, -0.1) is 11.3 Å². The third-order valence-electron chi connectivity index (χ3n) is 4.08. The summed E-state index contributed by atoms with van der Waals surface area (Å²) >= 11 is 1.83. The second kappa shape index (κ2) is 7.74. The minimum atomic E-state index is 0.172. The van der Waals surface area contributed by atoms with Gasteiger partial charge in [-0.3, -0.25) is 4.90 Å². The summed E-state index contributed by atoms with van der Waals surface area (Å²) in [6, 6.07) is 13.3. The molecule has 0 saturated heterocycles.